The summed E-state index contributed by atoms with van der Waals surface area (Å²) in [6, 6.07) is 15.0. The van der Waals surface area contributed by atoms with Crippen molar-refractivity contribution in [2.24, 2.45) is 0 Å². The van der Waals surface area contributed by atoms with Gasteiger partial charge in [-0.3, -0.25) is 0 Å². The lowest BCUT2D eigenvalue weighted by Gasteiger charge is -2.03. The number of aryl methyl sites for hydroxylation is 2. The Bertz CT molecular complexity index is 713. The van der Waals surface area contributed by atoms with Crippen molar-refractivity contribution in [3.63, 3.8) is 0 Å². The van der Waals surface area contributed by atoms with Crippen LogP contribution in [0.1, 0.15) is 24.5 Å². The molecule has 1 aromatic heterocycles. The Balaban J connectivity index is 1.81. The fourth-order valence-corrected chi connectivity index (χ4v) is 3.24. The van der Waals surface area contributed by atoms with Crippen LogP contribution in [0.2, 0.25) is 0 Å². The van der Waals surface area contributed by atoms with E-state index in [2.05, 4.69) is 66.6 Å². The molecule has 1 heterocycles. The third kappa shape index (κ3) is 2.83. The van der Waals surface area contributed by atoms with Crippen LogP contribution in [0, 0.1) is 6.92 Å². The Morgan fingerprint density at radius 2 is 1.90 bits per heavy atom. The molecule has 102 valence electrons. The summed E-state index contributed by atoms with van der Waals surface area (Å²) in [6.07, 6.45) is 2.32. The second-order valence-corrected chi connectivity index (χ2v) is 6.09. The fraction of sp³-hybridized carbons (Fsp3) is 0.235. The highest BCUT2D eigenvalue weighted by atomic mass is 32.1. The van der Waals surface area contributed by atoms with Crippen molar-refractivity contribution >= 4 is 32.4 Å². The molecule has 0 saturated carbocycles. The number of rotatable bonds is 4. The van der Waals surface area contributed by atoms with Crippen LogP contribution in [0.25, 0.3) is 10.2 Å². The molecule has 20 heavy (non-hydrogen) atoms. The molecule has 0 aliphatic rings. The standard InChI is InChI=1S/C17H18N2S/c1-3-4-13-6-8-14(9-7-13)18-17-19-15-10-5-12(2)11-16(15)20-17/h5-11H,3-4H2,1-2H3,(H,18,19). The first-order valence-electron chi connectivity index (χ1n) is 6.98. The summed E-state index contributed by atoms with van der Waals surface area (Å²) in [5.74, 6) is 0. The number of hydrogen-bond donors (Lipinski definition) is 1. The predicted octanol–water partition coefficient (Wildman–Crippen LogP) is 5.30. The molecule has 0 aliphatic heterocycles. The molecule has 2 nitrogen and oxygen atoms in total. The van der Waals surface area contributed by atoms with E-state index in [-0.39, 0.29) is 0 Å². The van der Waals surface area contributed by atoms with Crippen molar-refractivity contribution in [1.82, 2.24) is 4.98 Å². The number of hydrogen-bond acceptors (Lipinski definition) is 3. The van der Waals surface area contributed by atoms with E-state index in [9.17, 15) is 0 Å². The maximum absolute atomic E-state index is 4.62. The largest absolute Gasteiger partial charge is 0.332 e. The molecule has 3 rings (SSSR count). The first-order chi connectivity index (χ1) is 9.74. The number of thiazole rings is 1. The van der Waals surface area contributed by atoms with E-state index >= 15 is 0 Å². The number of benzene rings is 2. The van der Waals surface area contributed by atoms with Crippen molar-refractivity contribution < 1.29 is 0 Å². The van der Waals surface area contributed by atoms with Gasteiger partial charge in [-0.25, -0.2) is 4.98 Å². The molecule has 0 radical (unpaired) electrons. The molecule has 0 fully saturated rings. The van der Waals surface area contributed by atoms with Gasteiger partial charge in [0.1, 0.15) is 0 Å². The lowest BCUT2D eigenvalue weighted by Crippen LogP contribution is -1.90. The SMILES string of the molecule is CCCc1ccc(Nc2nc3ccc(C)cc3s2)cc1. The Morgan fingerprint density at radius 3 is 2.65 bits per heavy atom. The van der Waals surface area contributed by atoms with Gasteiger partial charge in [-0.15, -0.1) is 0 Å². The Labute approximate surface area is 123 Å². The summed E-state index contributed by atoms with van der Waals surface area (Å²) in [7, 11) is 0. The van der Waals surface area contributed by atoms with E-state index in [0.717, 1.165) is 22.8 Å². The van der Waals surface area contributed by atoms with Gasteiger partial charge in [-0.05, 0) is 48.7 Å². The van der Waals surface area contributed by atoms with Gasteiger partial charge in [-0.1, -0.05) is 42.9 Å². The molecular formula is C17H18N2S. The average molecular weight is 282 g/mol. The summed E-state index contributed by atoms with van der Waals surface area (Å²) in [4.78, 5) is 4.62. The Kier molecular flexibility index (Phi) is 3.70. The summed E-state index contributed by atoms with van der Waals surface area (Å²) in [5.41, 5.74) is 4.82. The van der Waals surface area contributed by atoms with E-state index in [4.69, 9.17) is 0 Å². The van der Waals surface area contributed by atoms with Crippen LogP contribution in [0.15, 0.2) is 42.5 Å². The maximum atomic E-state index is 4.62. The molecule has 3 aromatic rings. The molecule has 0 amide bonds. The predicted molar refractivity (Wildman–Crippen MR) is 88.1 cm³/mol. The Morgan fingerprint density at radius 1 is 1.10 bits per heavy atom. The molecule has 0 saturated heterocycles. The number of fused-ring (bicyclic) bond motifs is 1. The van der Waals surface area contributed by atoms with Crippen molar-refractivity contribution in [2.75, 3.05) is 5.32 Å². The van der Waals surface area contributed by atoms with Crippen molar-refractivity contribution in [2.45, 2.75) is 26.7 Å². The molecule has 0 unspecified atom stereocenters. The third-order valence-electron chi connectivity index (χ3n) is 3.29. The minimum Gasteiger partial charge on any atom is -0.332 e. The van der Waals surface area contributed by atoms with Crippen molar-refractivity contribution in [1.29, 1.82) is 0 Å². The highest BCUT2D eigenvalue weighted by Gasteiger charge is 2.04. The van der Waals surface area contributed by atoms with Crippen molar-refractivity contribution in [3.05, 3.63) is 53.6 Å². The van der Waals surface area contributed by atoms with E-state index in [0.29, 0.717) is 0 Å². The van der Waals surface area contributed by atoms with E-state index < -0.39 is 0 Å². The van der Waals surface area contributed by atoms with E-state index in [1.807, 2.05) is 0 Å². The van der Waals surface area contributed by atoms with E-state index in [1.165, 1.54) is 22.2 Å². The smallest absolute Gasteiger partial charge is 0.188 e. The van der Waals surface area contributed by atoms with Gasteiger partial charge in [0.2, 0.25) is 0 Å². The van der Waals surface area contributed by atoms with Crippen LogP contribution in [0.4, 0.5) is 10.8 Å². The highest BCUT2D eigenvalue weighted by molar-refractivity contribution is 7.22. The normalized spacial score (nSPS) is 10.9. The molecule has 0 spiro atoms. The maximum Gasteiger partial charge on any atom is 0.188 e. The lowest BCUT2D eigenvalue weighted by atomic mass is 10.1. The second-order valence-electron chi connectivity index (χ2n) is 5.06. The molecular weight excluding hydrogens is 264 g/mol. The number of anilines is 2. The zero-order valence-corrected chi connectivity index (χ0v) is 12.6. The first kappa shape index (κ1) is 13.1. The van der Waals surface area contributed by atoms with Gasteiger partial charge in [0.15, 0.2) is 5.13 Å². The number of nitrogens with zero attached hydrogens (tertiary/aromatic N) is 1. The molecule has 1 N–H and O–H groups in total. The van der Waals surface area contributed by atoms with Crippen molar-refractivity contribution in [3.8, 4) is 0 Å². The summed E-state index contributed by atoms with van der Waals surface area (Å²) < 4.78 is 1.23. The van der Waals surface area contributed by atoms with Gasteiger partial charge in [0.05, 0.1) is 10.2 Å². The third-order valence-corrected chi connectivity index (χ3v) is 4.22. The minimum absolute atomic E-state index is 0.953. The zero-order valence-electron chi connectivity index (χ0n) is 11.8. The van der Waals surface area contributed by atoms with Crippen LogP contribution in [-0.2, 0) is 6.42 Å². The molecule has 0 aliphatic carbocycles. The monoisotopic (exact) mass is 282 g/mol. The molecule has 2 aromatic carbocycles. The van der Waals surface area contributed by atoms with Crippen LogP contribution in [-0.4, -0.2) is 4.98 Å². The number of nitrogens with one attached hydrogen (secondary N) is 1. The second kappa shape index (κ2) is 5.63. The summed E-state index contributed by atoms with van der Waals surface area (Å²) in [6.45, 7) is 4.31. The zero-order chi connectivity index (χ0) is 13.9. The minimum atomic E-state index is 0.953. The average Bonchev–Trinajstić information content (AvgIpc) is 2.82. The van der Waals surface area contributed by atoms with Gasteiger partial charge in [0, 0.05) is 5.69 Å². The molecule has 3 heteroatoms. The van der Waals surface area contributed by atoms with Crippen LogP contribution in [0.3, 0.4) is 0 Å². The van der Waals surface area contributed by atoms with E-state index in [1.54, 1.807) is 11.3 Å². The molecule has 0 bridgehead atoms. The summed E-state index contributed by atoms with van der Waals surface area (Å²) in [5, 5.41) is 4.34. The first-order valence-corrected chi connectivity index (χ1v) is 7.79. The van der Waals surface area contributed by atoms with Gasteiger partial charge in [-0.2, -0.15) is 0 Å². The fourth-order valence-electron chi connectivity index (χ4n) is 2.25. The van der Waals surface area contributed by atoms with Crippen LogP contribution in [0.5, 0.6) is 0 Å². The quantitative estimate of drug-likeness (QED) is 0.702. The molecule has 0 atom stereocenters. The lowest BCUT2D eigenvalue weighted by molar-refractivity contribution is 0.922. The topological polar surface area (TPSA) is 24.9 Å². The van der Waals surface area contributed by atoms with Crippen LogP contribution >= 0.6 is 11.3 Å². The van der Waals surface area contributed by atoms with Gasteiger partial charge in [0.25, 0.3) is 0 Å². The van der Waals surface area contributed by atoms with Crippen LogP contribution < -0.4 is 5.32 Å². The number of aromatic nitrogens is 1. The summed E-state index contributed by atoms with van der Waals surface area (Å²) >= 11 is 1.70. The highest BCUT2D eigenvalue weighted by Crippen LogP contribution is 2.29. The Hall–Kier alpha value is -1.87. The van der Waals surface area contributed by atoms with Gasteiger partial charge < -0.3 is 5.32 Å². The van der Waals surface area contributed by atoms with Gasteiger partial charge >= 0.3 is 0 Å².